The van der Waals surface area contributed by atoms with E-state index in [1.807, 2.05) is 0 Å². The van der Waals surface area contributed by atoms with E-state index in [2.05, 4.69) is 40.2 Å². The third-order valence-corrected chi connectivity index (χ3v) is 1.79. The van der Waals surface area contributed by atoms with E-state index in [1.165, 1.54) is 25.7 Å². The number of likely N-dealkylation sites (N-methyl/N-ethyl adjacent to an activating group) is 1. The third kappa shape index (κ3) is 9.70. The SMILES string of the molecule is CCCCCC=CC[N+](C)(C)C. The number of allylic oxidation sites excluding steroid dienone is 1. The van der Waals surface area contributed by atoms with Gasteiger partial charge in [0.2, 0.25) is 0 Å². The van der Waals surface area contributed by atoms with Crippen molar-refractivity contribution in [3.8, 4) is 0 Å². The maximum atomic E-state index is 2.32. The fourth-order valence-corrected chi connectivity index (χ4v) is 1.02. The van der Waals surface area contributed by atoms with Gasteiger partial charge in [0.1, 0.15) is 0 Å². The summed E-state index contributed by atoms with van der Waals surface area (Å²) in [5.74, 6) is 0. The van der Waals surface area contributed by atoms with Gasteiger partial charge in [-0.1, -0.05) is 25.8 Å². The molecule has 0 aromatic rings. The highest BCUT2D eigenvalue weighted by Crippen LogP contribution is 2.00. The third-order valence-electron chi connectivity index (χ3n) is 1.79. The molecule has 0 saturated heterocycles. The Hall–Kier alpha value is -0.300. The van der Waals surface area contributed by atoms with Gasteiger partial charge in [-0.25, -0.2) is 0 Å². The van der Waals surface area contributed by atoms with Crippen LogP contribution in [0.3, 0.4) is 0 Å². The molecule has 1 heteroatoms. The molecule has 0 fully saturated rings. The standard InChI is InChI=1S/C11H24N/c1-5-6-7-8-9-10-11-12(2,3)4/h9-10H,5-8,11H2,1-4H3/q+1. The number of quaternary nitrogens is 1. The highest BCUT2D eigenvalue weighted by atomic mass is 15.3. The van der Waals surface area contributed by atoms with Gasteiger partial charge in [0, 0.05) is 0 Å². The largest absolute Gasteiger partial charge is 0.328 e. The van der Waals surface area contributed by atoms with Crippen LogP contribution in [0.15, 0.2) is 12.2 Å². The Labute approximate surface area is 77.7 Å². The zero-order chi connectivity index (χ0) is 9.45. The molecule has 72 valence electrons. The fourth-order valence-electron chi connectivity index (χ4n) is 1.02. The molecule has 0 heterocycles. The second-order valence-corrected chi connectivity index (χ2v) is 4.44. The first-order valence-electron chi connectivity index (χ1n) is 5.01. The van der Waals surface area contributed by atoms with Crippen molar-refractivity contribution in [1.82, 2.24) is 0 Å². The molecule has 0 aliphatic carbocycles. The zero-order valence-corrected chi connectivity index (χ0v) is 9.14. The molecule has 0 saturated carbocycles. The van der Waals surface area contributed by atoms with Gasteiger partial charge in [0.05, 0.1) is 27.7 Å². The lowest BCUT2D eigenvalue weighted by Crippen LogP contribution is -2.34. The smallest absolute Gasteiger partial charge is 0.0967 e. The van der Waals surface area contributed by atoms with Crippen molar-refractivity contribution in [3.63, 3.8) is 0 Å². The van der Waals surface area contributed by atoms with Crippen molar-refractivity contribution in [2.45, 2.75) is 32.6 Å². The molecule has 0 rings (SSSR count). The van der Waals surface area contributed by atoms with Crippen molar-refractivity contribution in [2.75, 3.05) is 27.7 Å². The second-order valence-electron chi connectivity index (χ2n) is 4.44. The second kappa shape index (κ2) is 6.24. The van der Waals surface area contributed by atoms with E-state index < -0.39 is 0 Å². The first kappa shape index (κ1) is 11.7. The first-order valence-corrected chi connectivity index (χ1v) is 5.01. The molecule has 12 heavy (non-hydrogen) atoms. The van der Waals surface area contributed by atoms with Crippen LogP contribution in [-0.4, -0.2) is 32.2 Å². The van der Waals surface area contributed by atoms with Crippen LogP contribution in [0, 0.1) is 0 Å². The van der Waals surface area contributed by atoms with E-state index in [0.29, 0.717) is 0 Å². The molecule has 0 aromatic carbocycles. The Balaban J connectivity index is 3.26. The molecular weight excluding hydrogens is 146 g/mol. The minimum Gasteiger partial charge on any atom is -0.328 e. The van der Waals surface area contributed by atoms with Crippen molar-refractivity contribution in [1.29, 1.82) is 0 Å². The van der Waals surface area contributed by atoms with Gasteiger partial charge in [-0.05, 0) is 18.9 Å². The van der Waals surface area contributed by atoms with Gasteiger partial charge in [-0.15, -0.1) is 0 Å². The molecular formula is C11H24N+. The van der Waals surface area contributed by atoms with E-state index in [-0.39, 0.29) is 0 Å². The topological polar surface area (TPSA) is 0 Å². The Kier molecular flexibility index (Phi) is 6.09. The monoisotopic (exact) mass is 170 g/mol. The summed E-state index contributed by atoms with van der Waals surface area (Å²) in [6.07, 6.45) is 9.92. The lowest BCUT2D eigenvalue weighted by molar-refractivity contribution is -0.864. The number of rotatable bonds is 6. The predicted molar refractivity (Wildman–Crippen MR) is 56.2 cm³/mol. The van der Waals surface area contributed by atoms with Crippen molar-refractivity contribution in [2.24, 2.45) is 0 Å². The number of unbranched alkanes of at least 4 members (excludes halogenated alkanes) is 3. The highest BCUT2D eigenvalue weighted by Gasteiger charge is 2.00. The Morgan fingerprint density at radius 1 is 1.00 bits per heavy atom. The van der Waals surface area contributed by atoms with Crippen LogP contribution < -0.4 is 0 Å². The van der Waals surface area contributed by atoms with Crippen LogP contribution in [0.4, 0.5) is 0 Å². The molecule has 0 N–H and O–H groups in total. The summed E-state index contributed by atoms with van der Waals surface area (Å²) in [5, 5.41) is 0. The van der Waals surface area contributed by atoms with E-state index in [4.69, 9.17) is 0 Å². The van der Waals surface area contributed by atoms with E-state index in [9.17, 15) is 0 Å². The number of hydrogen-bond acceptors (Lipinski definition) is 0. The minimum atomic E-state index is 1.03. The summed E-state index contributed by atoms with van der Waals surface area (Å²) in [4.78, 5) is 0. The average Bonchev–Trinajstić information content (AvgIpc) is 1.94. The van der Waals surface area contributed by atoms with Crippen molar-refractivity contribution < 1.29 is 4.48 Å². The van der Waals surface area contributed by atoms with Crippen LogP contribution in [0.5, 0.6) is 0 Å². The van der Waals surface area contributed by atoms with Gasteiger partial charge in [-0.2, -0.15) is 0 Å². The molecule has 0 amide bonds. The van der Waals surface area contributed by atoms with E-state index in [0.717, 1.165) is 11.0 Å². The molecule has 0 atom stereocenters. The summed E-state index contributed by atoms with van der Waals surface area (Å²) < 4.78 is 1.03. The molecule has 0 bridgehead atoms. The molecule has 0 aromatic heterocycles. The minimum absolute atomic E-state index is 1.03. The van der Waals surface area contributed by atoms with Crippen LogP contribution in [0.1, 0.15) is 32.6 Å². The number of hydrogen-bond donors (Lipinski definition) is 0. The zero-order valence-electron chi connectivity index (χ0n) is 9.14. The summed E-state index contributed by atoms with van der Waals surface area (Å²) in [6, 6.07) is 0. The predicted octanol–water partition coefficient (Wildman–Crippen LogP) is 2.83. The van der Waals surface area contributed by atoms with Gasteiger partial charge in [0.25, 0.3) is 0 Å². The normalized spacial score (nSPS) is 12.7. The Morgan fingerprint density at radius 3 is 2.17 bits per heavy atom. The molecule has 0 aliphatic heterocycles. The van der Waals surface area contributed by atoms with Crippen molar-refractivity contribution in [3.05, 3.63) is 12.2 Å². The van der Waals surface area contributed by atoms with E-state index in [1.54, 1.807) is 0 Å². The molecule has 0 spiro atoms. The molecule has 0 radical (unpaired) electrons. The van der Waals surface area contributed by atoms with Crippen molar-refractivity contribution >= 4 is 0 Å². The number of nitrogens with zero attached hydrogens (tertiary/aromatic N) is 1. The van der Waals surface area contributed by atoms with E-state index >= 15 is 0 Å². The first-order chi connectivity index (χ1) is 5.56. The molecule has 0 aliphatic rings. The van der Waals surface area contributed by atoms with Crippen LogP contribution in [0.2, 0.25) is 0 Å². The van der Waals surface area contributed by atoms with Gasteiger partial charge < -0.3 is 4.48 Å². The van der Waals surface area contributed by atoms with Gasteiger partial charge >= 0.3 is 0 Å². The maximum Gasteiger partial charge on any atom is 0.0967 e. The highest BCUT2D eigenvalue weighted by molar-refractivity contribution is 4.80. The van der Waals surface area contributed by atoms with Gasteiger partial charge in [-0.3, -0.25) is 0 Å². The summed E-state index contributed by atoms with van der Waals surface area (Å²) in [6.45, 7) is 3.39. The fraction of sp³-hybridized carbons (Fsp3) is 0.818. The molecule has 0 unspecified atom stereocenters. The maximum absolute atomic E-state index is 2.32. The van der Waals surface area contributed by atoms with Crippen LogP contribution >= 0.6 is 0 Å². The summed E-state index contributed by atoms with van der Waals surface area (Å²) in [5.41, 5.74) is 0. The average molecular weight is 170 g/mol. The van der Waals surface area contributed by atoms with Crippen LogP contribution in [-0.2, 0) is 0 Å². The lowest BCUT2D eigenvalue weighted by atomic mass is 10.2. The molecule has 1 nitrogen and oxygen atoms in total. The Bertz CT molecular complexity index is 119. The Morgan fingerprint density at radius 2 is 1.67 bits per heavy atom. The van der Waals surface area contributed by atoms with Crippen LogP contribution in [0.25, 0.3) is 0 Å². The quantitative estimate of drug-likeness (QED) is 0.327. The summed E-state index contributed by atoms with van der Waals surface area (Å²) in [7, 11) is 6.66. The van der Waals surface area contributed by atoms with Gasteiger partial charge in [0.15, 0.2) is 0 Å². The summed E-state index contributed by atoms with van der Waals surface area (Å²) >= 11 is 0. The lowest BCUT2D eigenvalue weighted by Gasteiger charge is -2.21.